The van der Waals surface area contributed by atoms with Crippen molar-refractivity contribution in [2.24, 2.45) is 11.8 Å². The standard InChI is InChI=1S/C25H30O4/c1-3-9-17(23(26)27)15-25(16-18(10-4-2)24(28)29)21-13-7-5-11-19(21)20-12-6-8-14-22(20)25/h5-8,11-14,17-18H,3-4,9-10,15-16H2,1-2H3,(H,26,27)(H,28,29)/t17-,18-/m1/s1. The van der Waals surface area contributed by atoms with Crippen LogP contribution in [0.1, 0.15) is 63.5 Å². The maximum absolute atomic E-state index is 12.1. The third kappa shape index (κ3) is 3.93. The van der Waals surface area contributed by atoms with Crippen LogP contribution >= 0.6 is 0 Å². The fourth-order valence-electron chi connectivity index (χ4n) is 5.10. The molecule has 0 aliphatic heterocycles. The lowest BCUT2D eigenvalue weighted by Crippen LogP contribution is -2.35. The molecule has 0 saturated carbocycles. The van der Waals surface area contributed by atoms with Crippen LogP contribution in [0.4, 0.5) is 0 Å². The van der Waals surface area contributed by atoms with Gasteiger partial charge in [0.05, 0.1) is 11.8 Å². The molecular formula is C25H30O4. The number of carboxylic acid groups (broad SMARTS) is 2. The van der Waals surface area contributed by atoms with E-state index >= 15 is 0 Å². The largest absolute Gasteiger partial charge is 0.481 e. The van der Waals surface area contributed by atoms with E-state index in [1.165, 1.54) is 0 Å². The molecule has 1 aliphatic carbocycles. The summed E-state index contributed by atoms with van der Waals surface area (Å²) in [6, 6.07) is 16.2. The van der Waals surface area contributed by atoms with Crippen molar-refractivity contribution in [2.75, 3.05) is 0 Å². The van der Waals surface area contributed by atoms with Gasteiger partial charge < -0.3 is 10.2 Å². The Hall–Kier alpha value is -2.62. The van der Waals surface area contributed by atoms with E-state index in [2.05, 4.69) is 24.3 Å². The van der Waals surface area contributed by atoms with E-state index in [0.717, 1.165) is 35.1 Å². The minimum Gasteiger partial charge on any atom is -0.481 e. The molecule has 0 radical (unpaired) electrons. The molecule has 2 atom stereocenters. The Balaban J connectivity index is 2.20. The molecule has 0 spiro atoms. The molecule has 0 unspecified atom stereocenters. The highest BCUT2D eigenvalue weighted by Crippen LogP contribution is 2.55. The fraction of sp³-hybridized carbons (Fsp3) is 0.440. The molecule has 0 amide bonds. The molecule has 0 aromatic heterocycles. The van der Waals surface area contributed by atoms with Crippen LogP contribution in [-0.4, -0.2) is 22.2 Å². The Bertz CT molecular complexity index is 812. The van der Waals surface area contributed by atoms with Crippen molar-refractivity contribution in [3.8, 4) is 11.1 Å². The first kappa shape index (κ1) is 21.1. The number of carbonyl (C=O) groups is 2. The molecule has 1 aliphatic rings. The Kier molecular flexibility index (Phi) is 6.41. The second-order valence-electron chi connectivity index (χ2n) is 8.23. The molecule has 2 aromatic rings. The average molecular weight is 395 g/mol. The van der Waals surface area contributed by atoms with Crippen molar-refractivity contribution in [3.05, 3.63) is 59.7 Å². The fourth-order valence-corrected chi connectivity index (χ4v) is 5.10. The molecule has 4 heteroatoms. The van der Waals surface area contributed by atoms with Gasteiger partial charge in [0.15, 0.2) is 0 Å². The van der Waals surface area contributed by atoms with Crippen molar-refractivity contribution in [1.29, 1.82) is 0 Å². The van der Waals surface area contributed by atoms with Crippen LogP contribution < -0.4 is 0 Å². The van der Waals surface area contributed by atoms with Crippen LogP contribution in [-0.2, 0) is 15.0 Å². The van der Waals surface area contributed by atoms with Crippen LogP contribution in [0.5, 0.6) is 0 Å². The Morgan fingerprint density at radius 2 is 1.14 bits per heavy atom. The highest BCUT2D eigenvalue weighted by atomic mass is 16.4. The first-order valence-electron chi connectivity index (χ1n) is 10.6. The van der Waals surface area contributed by atoms with Crippen molar-refractivity contribution < 1.29 is 19.8 Å². The van der Waals surface area contributed by atoms with Crippen LogP contribution in [0, 0.1) is 11.8 Å². The summed E-state index contributed by atoms with van der Waals surface area (Å²) in [5.74, 6) is -2.60. The summed E-state index contributed by atoms with van der Waals surface area (Å²) in [7, 11) is 0. The van der Waals surface area contributed by atoms with E-state index in [0.29, 0.717) is 25.7 Å². The minimum absolute atomic E-state index is 0.428. The van der Waals surface area contributed by atoms with Crippen molar-refractivity contribution in [2.45, 2.75) is 57.8 Å². The van der Waals surface area contributed by atoms with Crippen LogP contribution in [0.2, 0.25) is 0 Å². The van der Waals surface area contributed by atoms with E-state index < -0.39 is 29.2 Å². The molecule has 0 bridgehead atoms. The third-order valence-electron chi connectivity index (χ3n) is 6.34. The molecule has 0 heterocycles. The number of aliphatic carboxylic acids is 2. The number of hydrogen-bond donors (Lipinski definition) is 2. The lowest BCUT2D eigenvalue weighted by molar-refractivity contribution is -0.143. The van der Waals surface area contributed by atoms with E-state index in [1.807, 2.05) is 38.1 Å². The summed E-state index contributed by atoms with van der Waals surface area (Å²) in [6.45, 7) is 3.99. The maximum atomic E-state index is 12.1. The number of hydrogen-bond acceptors (Lipinski definition) is 2. The molecule has 0 fully saturated rings. The van der Waals surface area contributed by atoms with Crippen LogP contribution in [0.15, 0.2) is 48.5 Å². The number of fused-ring (bicyclic) bond motifs is 3. The quantitative estimate of drug-likeness (QED) is 0.539. The van der Waals surface area contributed by atoms with E-state index in [4.69, 9.17) is 0 Å². The van der Waals surface area contributed by atoms with Gasteiger partial charge in [0.1, 0.15) is 0 Å². The molecule has 154 valence electrons. The Morgan fingerprint density at radius 1 is 0.759 bits per heavy atom. The summed E-state index contributed by atoms with van der Waals surface area (Å²) in [6.07, 6.45) is 3.61. The SMILES string of the molecule is CCC[C@H](CC1(C[C@@H](CCC)C(=O)O)c2ccccc2-c2ccccc21)C(=O)O. The summed E-state index contributed by atoms with van der Waals surface area (Å²) >= 11 is 0. The Morgan fingerprint density at radius 3 is 1.48 bits per heavy atom. The van der Waals surface area contributed by atoms with Gasteiger partial charge >= 0.3 is 11.9 Å². The monoisotopic (exact) mass is 394 g/mol. The summed E-state index contributed by atoms with van der Waals surface area (Å²) in [4.78, 5) is 24.1. The summed E-state index contributed by atoms with van der Waals surface area (Å²) in [5, 5.41) is 19.8. The van der Waals surface area contributed by atoms with Gasteiger partial charge in [0.25, 0.3) is 0 Å². The van der Waals surface area contributed by atoms with Gasteiger partial charge in [-0.25, -0.2) is 0 Å². The van der Waals surface area contributed by atoms with Crippen molar-refractivity contribution in [3.63, 3.8) is 0 Å². The van der Waals surface area contributed by atoms with Gasteiger partial charge in [-0.3, -0.25) is 9.59 Å². The molecule has 2 aromatic carbocycles. The van der Waals surface area contributed by atoms with E-state index in [1.54, 1.807) is 0 Å². The van der Waals surface area contributed by atoms with Gasteiger partial charge in [0, 0.05) is 5.41 Å². The van der Waals surface area contributed by atoms with Gasteiger partial charge in [-0.15, -0.1) is 0 Å². The van der Waals surface area contributed by atoms with Gasteiger partial charge in [-0.2, -0.15) is 0 Å². The first-order valence-corrected chi connectivity index (χ1v) is 10.6. The highest BCUT2D eigenvalue weighted by molar-refractivity contribution is 5.82. The topological polar surface area (TPSA) is 74.6 Å². The van der Waals surface area contributed by atoms with Gasteiger partial charge in [-0.1, -0.05) is 75.2 Å². The average Bonchev–Trinajstić information content (AvgIpc) is 2.98. The molecule has 0 saturated heterocycles. The number of benzene rings is 2. The number of rotatable bonds is 10. The molecule has 2 N–H and O–H groups in total. The summed E-state index contributed by atoms with van der Waals surface area (Å²) < 4.78 is 0. The predicted octanol–water partition coefficient (Wildman–Crippen LogP) is 5.74. The second kappa shape index (κ2) is 8.81. The maximum Gasteiger partial charge on any atom is 0.306 e. The zero-order valence-electron chi connectivity index (χ0n) is 17.2. The van der Waals surface area contributed by atoms with E-state index in [-0.39, 0.29) is 0 Å². The molecule has 3 rings (SSSR count). The zero-order chi connectivity index (χ0) is 21.0. The normalized spacial score (nSPS) is 15.9. The molecule has 29 heavy (non-hydrogen) atoms. The van der Waals surface area contributed by atoms with Crippen LogP contribution in [0.25, 0.3) is 11.1 Å². The van der Waals surface area contributed by atoms with Crippen molar-refractivity contribution in [1.82, 2.24) is 0 Å². The minimum atomic E-state index is -0.796. The summed E-state index contributed by atoms with van der Waals surface area (Å²) in [5.41, 5.74) is 3.76. The van der Waals surface area contributed by atoms with Gasteiger partial charge in [-0.05, 0) is 47.9 Å². The lowest BCUT2D eigenvalue weighted by Gasteiger charge is -2.36. The van der Waals surface area contributed by atoms with Gasteiger partial charge in [0.2, 0.25) is 0 Å². The third-order valence-corrected chi connectivity index (χ3v) is 6.34. The van der Waals surface area contributed by atoms with Crippen LogP contribution in [0.3, 0.4) is 0 Å². The zero-order valence-corrected chi connectivity index (χ0v) is 17.2. The smallest absolute Gasteiger partial charge is 0.306 e. The number of carboxylic acids is 2. The predicted molar refractivity (Wildman–Crippen MR) is 114 cm³/mol. The molecule has 4 nitrogen and oxygen atoms in total. The molecular weight excluding hydrogens is 364 g/mol. The lowest BCUT2D eigenvalue weighted by atomic mass is 9.66. The van der Waals surface area contributed by atoms with Crippen molar-refractivity contribution >= 4 is 11.9 Å². The first-order chi connectivity index (χ1) is 13.9. The van der Waals surface area contributed by atoms with E-state index in [9.17, 15) is 19.8 Å². The highest BCUT2D eigenvalue weighted by Gasteiger charge is 2.47. The Labute approximate surface area is 172 Å². The second-order valence-corrected chi connectivity index (χ2v) is 8.23.